The first-order valence-corrected chi connectivity index (χ1v) is 10.4. The molecule has 1 aliphatic heterocycles. The van der Waals surface area contributed by atoms with Crippen molar-refractivity contribution in [1.29, 1.82) is 5.26 Å². The Labute approximate surface area is 164 Å². The lowest BCUT2D eigenvalue weighted by Gasteiger charge is -2.22. The molecule has 3 rings (SSSR count). The van der Waals surface area contributed by atoms with E-state index >= 15 is 0 Å². The molecule has 27 heavy (non-hydrogen) atoms. The number of nitrogens with zero attached hydrogens (tertiary/aromatic N) is 5. The standard InChI is InChI=1S/C20H25N5OS/c1-15-8-9-17(13-16(15)2)24(12-6-10-21)19(26)14-27-20-23-22-18-7-4-3-5-11-25(18)20/h8-9,13H,3-7,11-12,14H2,1-2H3. The Kier molecular flexibility index (Phi) is 6.51. The fourth-order valence-electron chi connectivity index (χ4n) is 3.22. The molecule has 1 aliphatic rings. The number of aryl methyl sites for hydroxylation is 3. The molecule has 0 saturated carbocycles. The number of rotatable bonds is 6. The van der Waals surface area contributed by atoms with Crippen LogP contribution >= 0.6 is 11.8 Å². The predicted molar refractivity (Wildman–Crippen MR) is 107 cm³/mol. The highest BCUT2D eigenvalue weighted by Gasteiger charge is 2.20. The first-order valence-electron chi connectivity index (χ1n) is 9.39. The number of carbonyl (C=O) groups excluding carboxylic acids is 1. The molecule has 142 valence electrons. The van der Waals surface area contributed by atoms with Crippen LogP contribution in [0.4, 0.5) is 5.69 Å². The summed E-state index contributed by atoms with van der Waals surface area (Å²) in [4.78, 5) is 14.6. The van der Waals surface area contributed by atoms with Gasteiger partial charge in [0.05, 0.1) is 18.2 Å². The van der Waals surface area contributed by atoms with E-state index in [-0.39, 0.29) is 11.7 Å². The number of fused-ring (bicyclic) bond motifs is 1. The lowest BCUT2D eigenvalue weighted by Crippen LogP contribution is -2.33. The molecule has 7 heteroatoms. The largest absolute Gasteiger partial charge is 0.311 e. The van der Waals surface area contributed by atoms with Crippen molar-refractivity contribution in [1.82, 2.24) is 14.8 Å². The zero-order chi connectivity index (χ0) is 19.2. The second-order valence-corrected chi connectivity index (χ2v) is 7.81. The zero-order valence-corrected chi connectivity index (χ0v) is 16.8. The summed E-state index contributed by atoms with van der Waals surface area (Å²) in [6.45, 7) is 5.41. The summed E-state index contributed by atoms with van der Waals surface area (Å²) < 4.78 is 2.15. The van der Waals surface area contributed by atoms with E-state index < -0.39 is 0 Å². The van der Waals surface area contributed by atoms with E-state index in [0.29, 0.717) is 13.0 Å². The summed E-state index contributed by atoms with van der Waals surface area (Å²) in [6, 6.07) is 8.12. The third kappa shape index (κ3) is 4.69. The van der Waals surface area contributed by atoms with Crippen LogP contribution in [0.3, 0.4) is 0 Å². The summed E-state index contributed by atoms with van der Waals surface area (Å²) in [5, 5.41) is 18.4. The number of thioether (sulfide) groups is 1. The van der Waals surface area contributed by atoms with Crippen molar-refractivity contribution in [3.8, 4) is 6.07 Å². The smallest absolute Gasteiger partial charge is 0.237 e. The number of carbonyl (C=O) groups is 1. The van der Waals surface area contributed by atoms with Gasteiger partial charge in [0, 0.05) is 25.2 Å². The summed E-state index contributed by atoms with van der Waals surface area (Å²) in [7, 11) is 0. The number of anilines is 1. The molecule has 0 bridgehead atoms. The number of nitriles is 1. The van der Waals surface area contributed by atoms with Crippen molar-refractivity contribution in [2.75, 3.05) is 17.2 Å². The molecule has 0 fully saturated rings. The second kappa shape index (κ2) is 9.05. The van der Waals surface area contributed by atoms with Gasteiger partial charge in [0.15, 0.2) is 5.16 Å². The molecule has 1 aromatic carbocycles. The first-order chi connectivity index (χ1) is 13.1. The van der Waals surface area contributed by atoms with Crippen LogP contribution < -0.4 is 4.90 Å². The van der Waals surface area contributed by atoms with Gasteiger partial charge in [0.2, 0.25) is 5.91 Å². The molecule has 0 radical (unpaired) electrons. The van der Waals surface area contributed by atoms with Gasteiger partial charge in [-0.1, -0.05) is 24.2 Å². The van der Waals surface area contributed by atoms with Gasteiger partial charge in [0.1, 0.15) is 5.82 Å². The molecule has 1 amide bonds. The van der Waals surface area contributed by atoms with Crippen molar-refractivity contribution in [3.63, 3.8) is 0 Å². The number of hydrogen-bond donors (Lipinski definition) is 0. The Hall–Kier alpha value is -2.33. The Balaban J connectivity index is 1.72. The highest BCUT2D eigenvalue weighted by Crippen LogP contribution is 2.24. The summed E-state index contributed by atoms with van der Waals surface area (Å²) >= 11 is 1.44. The molecule has 2 heterocycles. The average Bonchev–Trinajstić information content (AvgIpc) is 2.89. The van der Waals surface area contributed by atoms with Crippen molar-refractivity contribution in [2.45, 2.75) is 57.7 Å². The fourth-order valence-corrected chi connectivity index (χ4v) is 4.08. The van der Waals surface area contributed by atoms with Crippen molar-refractivity contribution in [3.05, 3.63) is 35.2 Å². The molecule has 0 unspecified atom stereocenters. The molecule has 0 atom stereocenters. The van der Waals surface area contributed by atoms with E-state index in [0.717, 1.165) is 48.0 Å². The monoisotopic (exact) mass is 383 g/mol. The SMILES string of the molecule is Cc1ccc(N(CCC#N)C(=O)CSc2nnc3n2CCCCC3)cc1C. The van der Waals surface area contributed by atoms with Gasteiger partial charge >= 0.3 is 0 Å². The minimum absolute atomic E-state index is 0.00975. The van der Waals surface area contributed by atoms with Crippen LogP contribution in [0.15, 0.2) is 23.4 Å². The summed E-state index contributed by atoms with van der Waals surface area (Å²) in [5.41, 5.74) is 3.17. The molecule has 0 N–H and O–H groups in total. The predicted octanol–water partition coefficient (Wildman–Crippen LogP) is 3.66. The van der Waals surface area contributed by atoms with Gasteiger partial charge in [-0.05, 0) is 49.9 Å². The van der Waals surface area contributed by atoms with Crippen LogP contribution in [0.2, 0.25) is 0 Å². The number of hydrogen-bond acceptors (Lipinski definition) is 5. The Morgan fingerprint density at radius 3 is 2.89 bits per heavy atom. The van der Waals surface area contributed by atoms with Gasteiger partial charge in [-0.25, -0.2) is 0 Å². The number of aromatic nitrogens is 3. The minimum atomic E-state index is -0.00975. The quantitative estimate of drug-likeness (QED) is 0.712. The highest BCUT2D eigenvalue weighted by atomic mass is 32.2. The average molecular weight is 384 g/mol. The van der Waals surface area contributed by atoms with Gasteiger partial charge in [0.25, 0.3) is 0 Å². The van der Waals surface area contributed by atoms with Crippen LogP contribution in [0.25, 0.3) is 0 Å². The van der Waals surface area contributed by atoms with E-state index in [2.05, 4.69) is 20.8 Å². The molecule has 0 aliphatic carbocycles. The maximum absolute atomic E-state index is 12.9. The molecule has 6 nitrogen and oxygen atoms in total. The summed E-state index contributed by atoms with van der Waals surface area (Å²) in [5.74, 6) is 1.30. The molecular formula is C20H25N5OS. The number of benzene rings is 1. The van der Waals surface area contributed by atoms with Gasteiger partial charge < -0.3 is 9.47 Å². The fraction of sp³-hybridized carbons (Fsp3) is 0.500. The van der Waals surface area contributed by atoms with Crippen molar-refractivity contribution < 1.29 is 4.79 Å². The highest BCUT2D eigenvalue weighted by molar-refractivity contribution is 7.99. The van der Waals surface area contributed by atoms with E-state index in [1.807, 2.05) is 32.0 Å². The van der Waals surface area contributed by atoms with Gasteiger partial charge in [-0.3, -0.25) is 4.79 Å². The first kappa shape index (κ1) is 19.4. The maximum atomic E-state index is 12.9. The van der Waals surface area contributed by atoms with Crippen LogP contribution in [-0.4, -0.2) is 33.0 Å². The Morgan fingerprint density at radius 1 is 1.26 bits per heavy atom. The topological polar surface area (TPSA) is 74.8 Å². The van der Waals surface area contributed by atoms with Crippen LogP contribution in [0.1, 0.15) is 42.6 Å². The lowest BCUT2D eigenvalue weighted by atomic mass is 10.1. The molecule has 0 saturated heterocycles. The van der Waals surface area contributed by atoms with Crippen LogP contribution in [0.5, 0.6) is 0 Å². The maximum Gasteiger partial charge on any atom is 0.237 e. The Bertz CT molecular complexity index is 855. The van der Waals surface area contributed by atoms with E-state index in [4.69, 9.17) is 5.26 Å². The summed E-state index contributed by atoms with van der Waals surface area (Å²) in [6.07, 6.45) is 4.75. The Morgan fingerprint density at radius 2 is 2.11 bits per heavy atom. The van der Waals surface area contributed by atoms with Crippen molar-refractivity contribution >= 4 is 23.4 Å². The molecule has 2 aromatic rings. The van der Waals surface area contributed by atoms with E-state index in [1.165, 1.54) is 23.7 Å². The third-order valence-corrected chi connectivity index (χ3v) is 5.90. The van der Waals surface area contributed by atoms with E-state index in [9.17, 15) is 4.79 Å². The van der Waals surface area contributed by atoms with Crippen molar-refractivity contribution in [2.24, 2.45) is 0 Å². The third-order valence-electron chi connectivity index (χ3n) is 4.95. The van der Waals surface area contributed by atoms with Crippen LogP contribution in [0, 0.1) is 25.2 Å². The van der Waals surface area contributed by atoms with E-state index in [1.54, 1.807) is 4.90 Å². The second-order valence-electron chi connectivity index (χ2n) is 6.87. The molecular weight excluding hydrogens is 358 g/mol. The lowest BCUT2D eigenvalue weighted by molar-refractivity contribution is -0.116. The molecule has 1 aromatic heterocycles. The number of amides is 1. The zero-order valence-electron chi connectivity index (χ0n) is 15.9. The van der Waals surface area contributed by atoms with Gasteiger partial charge in [-0.2, -0.15) is 5.26 Å². The molecule has 0 spiro atoms. The van der Waals surface area contributed by atoms with Crippen LogP contribution in [-0.2, 0) is 17.8 Å². The minimum Gasteiger partial charge on any atom is -0.311 e. The normalized spacial score (nSPS) is 13.5. The van der Waals surface area contributed by atoms with Gasteiger partial charge in [-0.15, -0.1) is 10.2 Å².